The molecule has 1 amide bonds. The van der Waals surface area contributed by atoms with Crippen molar-refractivity contribution in [2.24, 2.45) is 7.05 Å². The van der Waals surface area contributed by atoms with Crippen LogP contribution in [0.3, 0.4) is 0 Å². The minimum atomic E-state index is -4.69. The minimum Gasteiger partial charge on any atom is -0.289 e. The predicted molar refractivity (Wildman–Crippen MR) is 73.5 cm³/mol. The average molecular weight is 322 g/mol. The number of nitrogens with one attached hydrogen (secondary N) is 1. The lowest BCUT2D eigenvalue weighted by atomic mass is 10.2. The quantitative estimate of drug-likeness (QED) is 0.780. The van der Waals surface area contributed by atoms with Gasteiger partial charge in [0.15, 0.2) is 0 Å². The number of alkyl halides is 3. The molecule has 10 heteroatoms. The van der Waals surface area contributed by atoms with Gasteiger partial charge in [-0.1, -0.05) is 0 Å². The Labute approximate surface area is 127 Å². The first kappa shape index (κ1) is 14.9. The van der Waals surface area contributed by atoms with Crippen LogP contribution < -0.4 is 5.32 Å². The summed E-state index contributed by atoms with van der Waals surface area (Å²) in [6, 6.07) is 6.35. The van der Waals surface area contributed by atoms with Gasteiger partial charge in [0, 0.05) is 13.2 Å². The maximum Gasteiger partial charge on any atom is 0.453 e. The molecule has 0 unspecified atom stereocenters. The number of pyridine rings is 2. The lowest BCUT2D eigenvalue weighted by Crippen LogP contribution is -2.16. The second kappa shape index (κ2) is 5.30. The van der Waals surface area contributed by atoms with Gasteiger partial charge in [-0.2, -0.15) is 18.2 Å². The van der Waals surface area contributed by atoms with Gasteiger partial charge in [0.05, 0.1) is 11.0 Å². The van der Waals surface area contributed by atoms with E-state index in [9.17, 15) is 18.0 Å². The van der Waals surface area contributed by atoms with Gasteiger partial charge in [-0.05, 0) is 24.3 Å². The first-order valence-corrected chi connectivity index (χ1v) is 6.36. The van der Waals surface area contributed by atoms with Crippen molar-refractivity contribution < 1.29 is 18.0 Å². The van der Waals surface area contributed by atoms with Crippen LogP contribution in [0.4, 0.5) is 19.1 Å². The lowest BCUT2D eigenvalue weighted by Gasteiger charge is -2.04. The molecule has 0 saturated carbocycles. The monoisotopic (exact) mass is 322 g/mol. The number of amides is 1. The van der Waals surface area contributed by atoms with Gasteiger partial charge in [-0.25, -0.2) is 9.67 Å². The van der Waals surface area contributed by atoms with Crippen molar-refractivity contribution in [1.82, 2.24) is 24.7 Å². The zero-order valence-electron chi connectivity index (χ0n) is 11.7. The summed E-state index contributed by atoms with van der Waals surface area (Å²) >= 11 is 0. The second-order valence-corrected chi connectivity index (χ2v) is 4.57. The molecule has 0 aromatic carbocycles. The fraction of sp³-hybridized carbons (Fsp3) is 0.154. The lowest BCUT2D eigenvalue weighted by molar-refractivity contribution is -0.144. The van der Waals surface area contributed by atoms with Crippen LogP contribution in [0.5, 0.6) is 0 Å². The molecule has 0 aliphatic rings. The average Bonchev–Trinajstić information content (AvgIpc) is 2.88. The topological polar surface area (TPSA) is 85.6 Å². The summed E-state index contributed by atoms with van der Waals surface area (Å²) in [6.45, 7) is 0. The highest BCUT2D eigenvalue weighted by Crippen LogP contribution is 2.27. The van der Waals surface area contributed by atoms with Crippen molar-refractivity contribution >= 4 is 22.9 Å². The summed E-state index contributed by atoms with van der Waals surface area (Å²) in [7, 11) is 1.25. The van der Waals surface area contributed by atoms with E-state index in [2.05, 4.69) is 25.4 Å². The third-order valence-electron chi connectivity index (χ3n) is 2.93. The van der Waals surface area contributed by atoms with E-state index in [-0.39, 0.29) is 11.6 Å². The van der Waals surface area contributed by atoms with Crippen LogP contribution in [0.25, 0.3) is 11.0 Å². The Balaban J connectivity index is 1.87. The fourth-order valence-electron chi connectivity index (χ4n) is 1.86. The summed E-state index contributed by atoms with van der Waals surface area (Å²) in [5, 5.41) is 5.47. The van der Waals surface area contributed by atoms with E-state index in [1.807, 2.05) is 0 Å². The van der Waals surface area contributed by atoms with Crippen molar-refractivity contribution in [3.63, 3.8) is 0 Å². The highest BCUT2D eigenvalue weighted by molar-refractivity contribution is 6.02. The van der Waals surface area contributed by atoms with Crippen LogP contribution in [0.15, 0.2) is 30.5 Å². The molecule has 118 valence electrons. The number of anilines is 1. The Hall–Kier alpha value is -3.04. The van der Waals surface area contributed by atoms with Crippen molar-refractivity contribution in [3.8, 4) is 0 Å². The van der Waals surface area contributed by atoms with E-state index in [1.165, 1.54) is 13.1 Å². The molecule has 7 nitrogen and oxygen atoms in total. The molecule has 0 bridgehead atoms. The molecule has 0 radical (unpaired) electrons. The Kier molecular flexibility index (Phi) is 3.43. The van der Waals surface area contributed by atoms with E-state index in [1.54, 1.807) is 24.4 Å². The van der Waals surface area contributed by atoms with E-state index >= 15 is 0 Å². The number of hydrogen-bond donors (Lipinski definition) is 1. The van der Waals surface area contributed by atoms with Gasteiger partial charge in [0.1, 0.15) is 5.69 Å². The molecule has 1 N–H and O–H groups in total. The van der Waals surface area contributed by atoms with E-state index in [0.717, 1.165) is 4.68 Å². The number of hydrogen-bond acceptors (Lipinski definition) is 5. The Morgan fingerprint density at radius 3 is 2.65 bits per heavy atom. The van der Waals surface area contributed by atoms with Crippen LogP contribution in [-0.4, -0.2) is 30.6 Å². The first-order chi connectivity index (χ1) is 10.8. The maximum atomic E-state index is 12.5. The number of halogens is 3. The number of carbonyl (C=O) groups excluding carboxylic acids is 1. The number of aromatic nitrogens is 5. The van der Waals surface area contributed by atoms with Gasteiger partial charge in [0.2, 0.25) is 5.95 Å². The van der Waals surface area contributed by atoms with Crippen molar-refractivity contribution in [1.29, 1.82) is 0 Å². The van der Waals surface area contributed by atoms with Gasteiger partial charge in [-0.3, -0.25) is 15.1 Å². The summed E-state index contributed by atoms with van der Waals surface area (Å²) < 4.78 is 38.5. The molecule has 0 atom stereocenters. The maximum absolute atomic E-state index is 12.5. The van der Waals surface area contributed by atoms with Crippen molar-refractivity contribution in [2.75, 3.05) is 5.32 Å². The largest absolute Gasteiger partial charge is 0.453 e. The minimum absolute atomic E-state index is 0.0297. The number of aryl methyl sites for hydroxylation is 1. The van der Waals surface area contributed by atoms with Gasteiger partial charge < -0.3 is 0 Å². The molecule has 23 heavy (non-hydrogen) atoms. The Morgan fingerprint density at radius 2 is 1.96 bits per heavy atom. The molecule has 0 saturated heterocycles. The molecule has 3 aromatic heterocycles. The molecular formula is C13H9F3N6O. The van der Waals surface area contributed by atoms with Gasteiger partial charge in [-0.15, -0.1) is 5.10 Å². The normalized spacial score (nSPS) is 11.7. The molecule has 3 rings (SSSR count). The summed E-state index contributed by atoms with van der Waals surface area (Å²) in [5.74, 6) is -2.35. The number of carbonyl (C=O) groups is 1. The SMILES string of the molecule is Cn1nc(C(F)(F)F)nc1NC(=O)c1ccc2ncccc2n1. The van der Waals surface area contributed by atoms with Crippen LogP contribution >= 0.6 is 0 Å². The van der Waals surface area contributed by atoms with Crippen LogP contribution in [0.1, 0.15) is 16.3 Å². The number of nitrogens with zero attached hydrogens (tertiary/aromatic N) is 5. The van der Waals surface area contributed by atoms with E-state index in [4.69, 9.17) is 0 Å². The van der Waals surface area contributed by atoms with Crippen molar-refractivity contribution in [2.45, 2.75) is 6.18 Å². The summed E-state index contributed by atoms with van der Waals surface area (Å²) in [6.07, 6.45) is -3.10. The second-order valence-electron chi connectivity index (χ2n) is 4.57. The number of fused-ring (bicyclic) bond motifs is 1. The highest BCUT2D eigenvalue weighted by atomic mass is 19.4. The molecule has 3 heterocycles. The third kappa shape index (κ3) is 2.96. The molecule has 0 aliphatic carbocycles. The third-order valence-corrected chi connectivity index (χ3v) is 2.93. The van der Waals surface area contributed by atoms with E-state index in [0.29, 0.717) is 11.0 Å². The Bertz CT molecular complexity index is 889. The summed E-state index contributed by atoms with van der Waals surface area (Å²) in [5.41, 5.74) is 1.12. The smallest absolute Gasteiger partial charge is 0.289 e. The molecule has 0 fully saturated rings. The predicted octanol–water partition coefficient (Wildman–Crippen LogP) is 2.03. The molecule has 3 aromatic rings. The van der Waals surface area contributed by atoms with Crippen molar-refractivity contribution in [3.05, 3.63) is 42.0 Å². The molecule has 0 aliphatic heterocycles. The molecular weight excluding hydrogens is 313 g/mol. The highest BCUT2D eigenvalue weighted by Gasteiger charge is 2.37. The Morgan fingerprint density at radius 1 is 1.17 bits per heavy atom. The van der Waals surface area contributed by atoms with Gasteiger partial charge >= 0.3 is 6.18 Å². The standard InChI is InChI=1S/C13H9F3N6O/c1-22-12(20-11(21-22)13(14,15)16)19-10(23)9-5-4-7-8(18-9)3-2-6-17-7/h2-6H,1H3,(H,19,20,21,23). The fourth-order valence-corrected chi connectivity index (χ4v) is 1.86. The van der Waals surface area contributed by atoms with E-state index < -0.39 is 17.9 Å². The molecule has 0 spiro atoms. The first-order valence-electron chi connectivity index (χ1n) is 6.36. The zero-order chi connectivity index (χ0) is 16.6. The van der Waals surface area contributed by atoms with Crippen LogP contribution in [-0.2, 0) is 13.2 Å². The van der Waals surface area contributed by atoms with Crippen LogP contribution in [0, 0.1) is 0 Å². The number of rotatable bonds is 2. The van der Waals surface area contributed by atoms with Crippen LogP contribution in [0.2, 0.25) is 0 Å². The summed E-state index contributed by atoms with van der Waals surface area (Å²) in [4.78, 5) is 23.5. The zero-order valence-corrected chi connectivity index (χ0v) is 11.7. The van der Waals surface area contributed by atoms with Gasteiger partial charge in [0.25, 0.3) is 11.7 Å².